The number of nitrogens with one attached hydrogen (secondary N) is 2. The number of carbonyl (C=O) groups excluding carboxylic acids is 1. The Labute approximate surface area is 108 Å². The summed E-state index contributed by atoms with van der Waals surface area (Å²) in [6.07, 6.45) is 5.61. The lowest BCUT2D eigenvalue weighted by Crippen LogP contribution is -2.29. The molecule has 96 valence electrons. The summed E-state index contributed by atoms with van der Waals surface area (Å²) in [5.41, 5.74) is 3.54. The van der Waals surface area contributed by atoms with Crippen molar-refractivity contribution < 1.29 is 4.79 Å². The molecule has 0 aliphatic carbocycles. The average Bonchev–Trinajstić information content (AvgIpc) is 2.77. The molecule has 1 aromatic carbocycles. The van der Waals surface area contributed by atoms with Gasteiger partial charge in [0.15, 0.2) is 0 Å². The molecule has 1 amide bonds. The van der Waals surface area contributed by atoms with Crippen molar-refractivity contribution >= 4 is 11.6 Å². The Morgan fingerprint density at radius 1 is 1.33 bits per heavy atom. The lowest BCUT2D eigenvalue weighted by atomic mass is 9.92. The molecule has 1 atom stereocenters. The van der Waals surface area contributed by atoms with E-state index in [1.165, 1.54) is 43.5 Å². The average molecular weight is 244 g/mol. The van der Waals surface area contributed by atoms with Gasteiger partial charge in [-0.05, 0) is 61.9 Å². The van der Waals surface area contributed by atoms with Crippen molar-refractivity contribution in [3.8, 4) is 0 Å². The van der Waals surface area contributed by atoms with E-state index in [0.29, 0.717) is 6.42 Å². The fraction of sp³-hybridized carbons (Fsp3) is 0.533. The van der Waals surface area contributed by atoms with Crippen LogP contribution in [0.4, 0.5) is 5.69 Å². The minimum absolute atomic E-state index is 0.124. The smallest absolute Gasteiger partial charge is 0.228 e. The number of fused-ring (bicyclic) bond motifs is 1. The van der Waals surface area contributed by atoms with Gasteiger partial charge in [0.05, 0.1) is 6.42 Å². The van der Waals surface area contributed by atoms with E-state index in [4.69, 9.17) is 0 Å². The first-order valence-electron chi connectivity index (χ1n) is 6.93. The summed E-state index contributed by atoms with van der Waals surface area (Å²) in [4.78, 5) is 11.3. The highest BCUT2D eigenvalue weighted by molar-refractivity contribution is 5.99. The minimum Gasteiger partial charge on any atom is -0.326 e. The quantitative estimate of drug-likeness (QED) is 0.855. The maximum atomic E-state index is 11.3. The molecule has 1 fully saturated rings. The Hall–Kier alpha value is -1.35. The Morgan fingerprint density at radius 2 is 2.28 bits per heavy atom. The van der Waals surface area contributed by atoms with Crippen LogP contribution < -0.4 is 10.6 Å². The molecule has 3 heteroatoms. The molecular weight excluding hydrogens is 224 g/mol. The summed E-state index contributed by atoms with van der Waals surface area (Å²) in [6.45, 7) is 2.36. The molecule has 0 bridgehead atoms. The van der Waals surface area contributed by atoms with Gasteiger partial charge in [0.1, 0.15) is 0 Å². The number of benzene rings is 1. The predicted octanol–water partition coefficient (Wildman–Crippen LogP) is 2.11. The molecule has 1 saturated heterocycles. The van der Waals surface area contributed by atoms with Gasteiger partial charge in [-0.25, -0.2) is 0 Å². The number of hydrogen-bond donors (Lipinski definition) is 2. The summed E-state index contributed by atoms with van der Waals surface area (Å²) in [6, 6.07) is 6.40. The van der Waals surface area contributed by atoms with Gasteiger partial charge >= 0.3 is 0 Å². The maximum Gasteiger partial charge on any atom is 0.228 e. The van der Waals surface area contributed by atoms with Crippen LogP contribution in [0.1, 0.15) is 30.4 Å². The van der Waals surface area contributed by atoms with Crippen molar-refractivity contribution in [3.05, 3.63) is 29.3 Å². The third-order valence-electron chi connectivity index (χ3n) is 4.03. The van der Waals surface area contributed by atoms with E-state index < -0.39 is 0 Å². The van der Waals surface area contributed by atoms with Crippen molar-refractivity contribution in [2.45, 2.75) is 32.1 Å². The van der Waals surface area contributed by atoms with Crippen molar-refractivity contribution in [2.75, 3.05) is 18.4 Å². The summed E-state index contributed by atoms with van der Waals surface area (Å²) < 4.78 is 0. The number of anilines is 1. The molecule has 0 aromatic heterocycles. The second-order valence-electron chi connectivity index (χ2n) is 5.47. The minimum atomic E-state index is 0.124. The molecule has 2 heterocycles. The largest absolute Gasteiger partial charge is 0.326 e. The van der Waals surface area contributed by atoms with Gasteiger partial charge in [0, 0.05) is 5.69 Å². The Balaban J connectivity index is 1.60. The second-order valence-corrected chi connectivity index (χ2v) is 5.47. The van der Waals surface area contributed by atoms with E-state index in [1.807, 2.05) is 0 Å². The van der Waals surface area contributed by atoms with Crippen LogP contribution in [-0.2, 0) is 17.6 Å². The first-order valence-corrected chi connectivity index (χ1v) is 6.93. The summed E-state index contributed by atoms with van der Waals surface area (Å²) in [5, 5.41) is 6.35. The Kier molecular flexibility index (Phi) is 3.33. The van der Waals surface area contributed by atoms with E-state index in [0.717, 1.165) is 18.0 Å². The molecule has 1 unspecified atom stereocenters. The summed E-state index contributed by atoms with van der Waals surface area (Å²) in [7, 11) is 0. The van der Waals surface area contributed by atoms with Gasteiger partial charge in [-0.15, -0.1) is 0 Å². The number of rotatable bonds is 3. The van der Waals surface area contributed by atoms with Crippen LogP contribution in [-0.4, -0.2) is 19.0 Å². The van der Waals surface area contributed by atoms with Crippen LogP contribution in [0.15, 0.2) is 18.2 Å². The number of carbonyl (C=O) groups is 1. The molecule has 0 spiro atoms. The third kappa shape index (κ3) is 2.56. The van der Waals surface area contributed by atoms with E-state index in [9.17, 15) is 4.79 Å². The zero-order chi connectivity index (χ0) is 12.4. The summed E-state index contributed by atoms with van der Waals surface area (Å²) >= 11 is 0. The number of hydrogen-bond acceptors (Lipinski definition) is 2. The van der Waals surface area contributed by atoms with Crippen molar-refractivity contribution in [2.24, 2.45) is 5.92 Å². The van der Waals surface area contributed by atoms with Crippen LogP contribution in [0.3, 0.4) is 0 Å². The zero-order valence-corrected chi connectivity index (χ0v) is 10.7. The molecule has 3 nitrogen and oxygen atoms in total. The monoisotopic (exact) mass is 244 g/mol. The Bertz CT molecular complexity index is 450. The molecule has 2 aliphatic heterocycles. The maximum absolute atomic E-state index is 11.3. The van der Waals surface area contributed by atoms with Gasteiger partial charge in [0.25, 0.3) is 0 Å². The van der Waals surface area contributed by atoms with Gasteiger partial charge in [0.2, 0.25) is 5.91 Å². The molecule has 2 aliphatic rings. The second kappa shape index (κ2) is 5.11. The first kappa shape index (κ1) is 11.7. The fourth-order valence-electron chi connectivity index (χ4n) is 2.98. The van der Waals surface area contributed by atoms with Gasteiger partial charge < -0.3 is 10.6 Å². The zero-order valence-electron chi connectivity index (χ0n) is 10.7. The standard InChI is InChI=1S/C15H20N2O/c18-15-9-13-8-11(5-6-14(13)17-15)3-4-12-2-1-7-16-10-12/h5-6,8,12,16H,1-4,7,9-10H2,(H,17,18). The summed E-state index contributed by atoms with van der Waals surface area (Å²) in [5.74, 6) is 0.949. The van der Waals surface area contributed by atoms with Gasteiger partial charge in [-0.2, -0.15) is 0 Å². The molecule has 3 rings (SSSR count). The lowest BCUT2D eigenvalue weighted by Gasteiger charge is -2.22. The molecule has 0 saturated carbocycles. The predicted molar refractivity (Wildman–Crippen MR) is 72.7 cm³/mol. The van der Waals surface area contributed by atoms with E-state index in [2.05, 4.69) is 28.8 Å². The van der Waals surface area contributed by atoms with Crippen LogP contribution in [0.5, 0.6) is 0 Å². The van der Waals surface area contributed by atoms with Crippen molar-refractivity contribution in [1.29, 1.82) is 0 Å². The Morgan fingerprint density at radius 3 is 3.11 bits per heavy atom. The highest BCUT2D eigenvalue weighted by Gasteiger charge is 2.18. The number of piperidine rings is 1. The van der Waals surface area contributed by atoms with Crippen LogP contribution in [0.25, 0.3) is 0 Å². The topological polar surface area (TPSA) is 41.1 Å². The van der Waals surface area contributed by atoms with Crippen molar-refractivity contribution in [1.82, 2.24) is 5.32 Å². The van der Waals surface area contributed by atoms with Crippen LogP contribution in [0, 0.1) is 5.92 Å². The van der Waals surface area contributed by atoms with Crippen LogP contribution in [0.2, 0.25) is 0 Å². The SMILES string of the molecule is O=C1Cc2cc(CCC3CCCNC3)ccc2N1. The normalized spacial score (nSPS) is 22.7. The van der Waals surface area contributed by atoms with E-state index in [1.54, 1.807) is 0 Å². The number of aryl methyl sites for hydroxylation is 1. The van der Waals surface area contributed by atoms with Gasteiger partial charge in [-0.1, -0.05) is 12.1 Å². The van der Waals surface area contributed by atoms with Crippen LogP contribution >= 0.6 is 0 Å². The molecule has 18 heavy (non-hydrogen) atoms. The molecular formula is C15H20N2O. The molecule has 2 N–H and O–H groups in total. The fourth-order valence-corrected chi connectivity index (χ4v) is 2.98. The number of amides is 1. The van der Waals surface area contributed by atoms with Gasteiger partial charge in [-0.3, -0.25) is 4.79 Å². The molecule has 0 radical (unpaired) electrons. The molecule has 1 aromatic rings. The van der Waals surface area contributed by atoms with Crippen molar-refractivity contribution in [3.63, 3.8) is 0 Å². The highest BCUT2D eigenvalue weighted by atomic mass is 16.1. The first-order chi connectivity index (χ1) is 8.81. The lowest BCUT2D eigenvalue weighted by molar-refractivity contribution is -0.115. The highest BCUT2D eigenvalue weighted by Crippen LogP contribution is 2.25. The van der Waals surface area contributed by atoms with E-state index in [-0.39, 0.29) is 5.91 Å². The third-order valence-corrected chi connectivity index (χ3v) is 4.03. The van der Waals surface area contributed by atoms with E-state index >= 15 is 0 Å².